The van der Waals surface area contributed by atoms with Crippen LogP contribution < -0.4 is 15.4 Å². The molecule has 0 unspecified atom stereocenters. The Kier molecular flexibility index (Phi) is 5.66. The number of amides is 2. The largest absolute Gasteiger partial charge is 0.480 e. The van der Waals surface area contributed by atoms with Crippen molar-refractivity contribution in [1.82, 2.24) is 5.32 Å². The van der Waals surface area contributed by atoms with Crippen molar-refractivity contribution >= 4 is 17.7 Å². The number of benzene rings is 1. The van der Waals surface area contributed by atoms with Crippen molar-refractivity contribution < 1.29 is 19.4 Å². The number of hydrogen-bond donors (Lipinski definition) is 3. The van der Waals surface area contributed by atoms with Gasteiger partial charge in [-0.05, 0) is 18.1 Å². The van der Waals surface area contributed by atoms with Gasteiger partial charge in [0.1, 0.15) is 5.75 Å². The van der Waals surface area contributed by atoms with Gasteiger partial charge in [0.25, 0.3) is 0 Å². The Hall–Kier alpha value is -2.24. The Morgan fingerprint density at radius 2 is 2.00 bits per heavy atom. The first-order valence-electron chi connectivity index (χ1n) is 5.97. The molecule has 1 aromatic carbocycles. The molecule has 0 aromatic heterocycles. The maximum atomic E-state index is 11.6. The molecule has 104 valence electrons. The van der Waals surface area contributed by atoms with Crippen LogP contribution in [-0.4, -0.2) is 30.3 Å². The molecule has 0 bridgehead atoms. The molecule has 0 spiro atoms. The summed E-state index contributed by atoms with van der Waals surface area (Å²) in [5.74, 6) is -0.395. The van der Waals surface area contributed by atoms with Crippen LogP contribution in [0, 0.1) is 5.92 Å². The number of para-hydroxylation sites is 2. The first-order chi connectivity index (χ1) is 8.99. The molecule has 0 saturated carbocycles. The summed E-state index contributed by atoms with van der Waals surface area (Å²) >= 11 is 0. The van der Waals surface area contributed by atoms with Crippen LogP contribution in [0.5, 0.6) is 5.75 Å². The maximum Gasteiger partial charge on any atom is 0.341 e. The number of ether oxygens (including phenoxy) is 1. The standard InChI is InChI=1S/C13H18N2O4/c1-9(2)7-14-13(18)15-10-5-3-4-6-11(10)19-8-12(16)17/h3-6,9H,7-8H2,1-2H3,(H,16,17)(H2,14,15,18). The monoisotopic (exact) mass is 266 g/mol. The summed E-state index contributed by atoms with van der Waals surface area (Å²) in [5.41, 5.74) is 0.435. The minimum Gasteiger partial charge on any atom is -0.480 e. The lowest BCUT2D eigenvalue weighted by Crippen LogP contribution is -2.31. The smallest absolute Gasteiger partial charge is 0.341 e. The third kappa shape index (κ3) is 5.76. The molecule has 6 heteroatoms. The Morgan fingerprint density at radius 1 is 1.32 bits per heavy atom. The van der Waals surface area contributed by atoms with Gasteiger partial charge in [-0.15, -0.1) is 0 Å². The molecule has 2 amide bonds. The van der Waals surface area contributed by atoms with E-state index in [9.17, 15) is 9.59 Å². The van der Waals surface area contributed by atoms with Crippen LogP contribution >= 0.6 is 0 Å². The summed E-state index contributed by atoms with van der Waals surface area (Å²) in [4.78, 5) is 22.1. The van der Waals surface area contributed by atoms with E-state index in [-0.39, 0.29) is 6.03 Å². The van der Waals surface area contributed by atoms with E-state index < -0.39 is 12.6 Å². The number of carboxylic acids is 1. The van der Waals surface area contributed by atoms with E-state index in [1.165, 1.54) is 0 Å². The summed E-state index contributed by atoms with van der Waals surface area (Å²) in [6.07, 6.45) is 0. The first-order valence-corrected chi connectivity index (χ1v) is 5.97. The molecule has 0 aliphatic rings. The van der Waals surface area contributed by atoms with Crippen molar-refractivity contribution in [3.63, 3.8) is 0 Å². The van der Waals surface area contributed by atoms with Gasteiger partial charge in [0.2, 0.25) is 0 Å². The highest BCUT2D eigenvalue weighted by atomic mass is 16.5. The Morgan fingerprint density at radius 3 is 2.63 bits per heavy atom. The summed E-state index contributed by atoms with van der Waals surface area (Å²) in [5, 5.41) is 13.9. The van der Waals surface area contributed by atoms with Crippen LogP contribution in [0.2, 0.25) is 0 Å². The number of nitrogens with one attached hydrogen (secondary N) is 2. The van der Waals surface area contributed by atoms with Gasteiger partial charge in [-0.1, -0.05) is 26.0 Å². The van der Waals surface area contributed by atoms with E-state index in [1.54, 1.807) is 24.3 Å². The first kappa shape index (κ1) is 14.8. The number of hydrogen-bond acceptors (Lipinski definition) is 3. The lowest BCUT2D eigenvalue weighted by Gasteiger charge is -2.12. The van der Waals surface area contributed by atoms with E-state index in [2.05, 4.69) is 10.6 Å². The van der Waals surface area contributed by atoms with Crippen LogP contribution in [0.15, 0.2) is 24.3 Å². The summed E-state index contributed by atoms with van der Waals surface area (Å²) in [6, 6.07) is 6.33. The molecule has 6 nitrogen and oxygen atoms in total. The van der Waals surface area contributed by atoms with Gasteiger partial charge in [-0.25, -0.2) is 9.59 Å². The molecule has 0 aliphatic carbocycles. The summed E-state index contributed by atoms with van der Waals surface area (Å²) in [6.45, 7) is 4.09. The number of carboxylic acid groups (broad SMARTS) is 1. The number of carbonyl (C=O) groups is 2. The Balaban J connectivity index is 2.61. The molecule has 1 rings (SSSR count). The molecule has 0 saturated heterocycles. The highest BCUT2D eigenvalue weighted by Gasteiger charge is 2.08. The molecule has 0 fully saturated rings. The van der Waals surface area contributed by atoms with Gasteiger partial charge in [-0.2, -0.15) is 0 Å². The van der Waals surface area contributed by atoms with Gasteiger partial charge in [0.05, 0.1) is 5.69 Å². The molecular formula is C13H18N2O4. The molecule has 0 atom stereocenters. The van der Waals surface area contributed by atoms with Gasteiger partial charge in [0, 0.05) is 6.54 Å². The molecule has 0 aliphatic heterocycles. The van der Waals surface area contributed by atoms with Gasteiger partial charge < -0.3 is 20.5 Å². The quantitative estimate of drug-likeness (QED) is 0.734. The average molecular weight is 266 g/mol. The van der Waals surface area contributed by atoms with E-state index in [0.29, 0.717) is 23.9 Å². The van der Waals surface area contributed by atoms with Gasteiger partial charge in [0.15, 0.2) is 6.61 Å². The number of rotatable bonds is 6. The molecule has 1 aromatic rings. The van der Waals surface area contributed by atoms with Gasteiger partial charge in [-0.3, -0.25) is 0 Å². The van der Waals surface area contributed by atoms with E-state index in [0.717, 1.165) is 0 Å². The fourth-order valence-electron chi connectivity index (χ4n) is 1.30. The number of aliphatic carboxylic acids is 1. The summed E-state index contributed by atoms with van der Waals surface area (Å²) < 4.78 is 5.08. The van der Waals surface area contributed by atoms with Gasteiger partial charge >= 0.3 is 12.0 Å². The van der Waals surface area contributed by atoms with E-state index >= 15 is 0 Å². The zero-order valence-electron chi connectivity index (χ0n) is 11.0. The highest BCUT2D eigenvalue weighted by molar-refractivity contribution is 5.90. The second kappa shape index (κ2) is 7.25. The molecular weight excluding hydrogens is 248 g/mol. The lowest BCUT2D eigenvalue weighted by molar-refractivity contribution is -0.139. The minimum atomic E-state index is -1.07. The third-order valence-corrected chi connectivity index (χ3v) is 2.16. The zero-order valence-corrected chi connectivity index (χ0v) is 11.0. The van der Waals surface area contributed by atoms with Crippen LogP contribution in [0.25, 0.3) is 0 Å². The zero-order chi connectivity index (χ0) is 14.3. The van der Waals surface area contributed by atoms with Crippen molar-refractivity contribution in [1.29, 1.82) is 0 Å². The molecule has 0 heterocycles. The second-order valence-electron chi connectivity index (χ2n) is 4.41. The number of carbonyl (C=O) groups excluding carboxylic acids is 1. The fourth-order valence-corrected chi connectivity index (χ4v) is 1.30. The summed E-state index contributed by atoms with van der Waals surface area (Å²) in [7, 11) is 0. The van der Waals surface area contributed by atoms with Crippen LogP contribution in [0.1, 0.15) is 13.8 Å². The fraction of sp³-hybridized carbons (Fsp3) is 0.385. The van der Waals surface area contributed by atoms with Crippen molar-refractivity contribution in [2.75, 3.05) is 18.5 Å². The van der Waals surface area contributed by atoms with Crippen LogP contribution in [0.3, 0.4) is 0 Å². The van der Waals surface area contributed by atoms with Crippen molar-refractivity contribution in [2.45, 2.75) is 13.8 Å². The van der Waals surface area contributed by atoms with Crippen molar-refractivity contribution in [3.05, 3.63) is 24.3 Å². The van der Waals surface area contributed by atoms with E-state index in [1.807, 2.05) is 13.8 Å². The maximum absolute atomic E-state index is 11.6. The lowest BCUT2D eigenvalue weighted by atomic mass is 10.2. The van der Waals surface area contributed by atoms with Crippen LogP contribution in [-0.2, 0) is 4.79 Å². The van der Waals surface area contributed by atoms with Crippen molar-refractivity contribution in [3.8, 4) is 5.75 Å². The molecule has 3 N–H and O–H groups in total. The predicted octanol–water partition coefficient (Wildman–Crippen LogP) is 1.93. The number of urea groups is 1. The minimum absolute atomic E-state index is 0.324. The van der Waals surface area contributed by atoms with Crippen molar-refractivity contribution in [2.24, 2.45) is 5.92 Å². The molecule has 0 radical (unpaired) electrons. The molecule has 19 heavy (non-hydrogen) atoms. The topological polar surface area (TPSA) is 87.7 Å². The predicted molar refractivity (Wildman–Crippen MR) is 71.4 cm³/mol. The third-order valence-electron chi connectivity index (χ3n) is 2.16. The highest BCUT2D eigenvalue weighted by Crippen LogP contribution is 2.23. The van der Waals surface area contributed by atoms with Crippen LogP contribution in [0.4, 0.5) is 10.5 Å². The SMILES string of the molecule is CC(C)CNC(=O)Nc1ccccc1OCC(=O)O. The average Bonchev–Trinajstić information content (AvgIpc) is 2.35. The Labute approximate surface area is 111 Å². The second-order valence-corrected chi connectivity index (χ2v) is 4.41. The normalized spacial score (nSPS) is 10.1. The van der Waals surface area contributed by atoms with E-state index in [4.69, 9.17) is 9.84 Å². The number of anilines is 1. The Bertz CT molecular complexity index is 446.